The van der Waals surface area contributed by atoms with Gasteiger partial charge in [-0.25, -0.2) is 0 Å². The zero-order valence-corrected chi connectivity index (χ0v) is 17.2. The topological polar surface area (TPSA) is 61.8 Å². The van der Waals surface area contributed by atoms with Crippen molar-refractivity contribution in [3.63, 3.8) is 0 Å². The molecular weight excluding hydrogens is 360 g/mol. The van der Waals surface area contributed by atoms with E-state index < -0.39 is 0 Å². The lowest BCUT2D eigenvalue weighted by molar-refractivity contribution is -0.102. The summed E-state index contributed by atoms with van der Waals surface area (Å²) in [4.78, 5) is 17.4. The first-order valence-electron chi connectivity index (χ1n) is 10.6. The molecule has 3 aliphatic rings. The molecule has 1 atom stereocenters. The first-order chi connectivity index (χ1) is 13.1. The first kappa shape index (κ1) is 19.4. The van der Waals surface area contributed by atoms with Crippen molar-refractivity contribution < 1.29 is 14.6 Å². The molecule has 0 radical (unpaired) electrons. The second-order valence-corrected chi connectivity index (χ2v) is 9.41. The largest absolute Gasteiger partial charge is 0.394 e. The predicted molar refractivity (Wildman–Crippen MR) is 107 cm³/mol. The molecule has 0 aromatic carbocycles. The smallest absolute Gasteiger partial charge is 0.261 e. The second-order valence-electron chi connectivity index (χ2n) is 8.28. The summed E-state index contributed by atoms with van der Waals surface area (Å²) in [6, 6.07) is 2.68. The maximum atomic E-state index is 12.6. The van der Waals surface area contributed by atoms with Crippen LogP contribution in [0, 0.1) is 0 Å². The molecule has 1 saturated carbocycles. The third-order valence-corrected chi connectivity index (χ3v) is 7.92. The minimum atomic E-state index is -0.196. The van der Waals surface area contributed by atoms with E-state index >= 15 is 0 Å². The summed E-state index contributed by atoms with van der Waals surface area (Å²) in [5, 5.41) is 12.3. The van der Waals surface area contributed by atoms with Crippen molar-refractivity contribution >= 4 is 17.2 Å². The number of aliphatic hydroxyl groups is 1. The average Bonchev–Trinajstić information content (AvgIpc) is 3.37. The second kappa shape index (κ2) is 8.19. The van der Waals surface area contributed by atoms with Crippen LogP contribution in [-0.2, 0) is 16.8 Å². The van der Waals surface area contributed by atoms with Gasteiger partial charge in [0, 0.05) is 30.4 Å². The molecule has 0 bridgehead atoms. The maximum absolute atomic E-state index is 12.6. The average molecular weight is 393 g/mol. The Morgan fingerprint density at radius 3 is 2.81 bits per heavy atom. The van der Waals surface area contributed by atoms with Crippen LogP contribution in [0.15, 0.2) is 6.07 Å². The number of likely N-dealkylation sites (tertiary alicyclic amines) is 1. The molecule has 2 aliphatic heterocycles. The van der Waals surface area contributed by atoms with Crippen molar-refractivity contribution in [3.8, 4) is 0 Å². The number of nitrogens with one attached hydrogen (secondary N) is 1. The molecule has 27 heavy (non-hydrogen) atoms. The number of aliphatic hydroxyl groups excluding tert-OH is 1. The minimum Gasteiger partial charge on any atom is -0.394 e. The fraction of sp³-hybridized carbons (Fsp3) is 0.762. The Morgan fingerprint density at radius 2 is 2.15 bits per heavy atom. The Kier molecular flexibility index (Phi) is 5.88. The number of rotatable bonds is 5. The van der Waals surface area contributed by atoms with Crippen LogP contribution in [0.5, 0.6) is 0 Å². The fourth-order valence-corrected chi connectivity index (χ4v) is 6.13. The molecule has 1 amide bonds. The van der Waals surface area contributed by atoms with Crippen LogP contribution < -0.4 is 5.32 Å². The summed E-state index contributed by atoms with van der Waals surface area (Å²) in [6.07, 6.45) is 9.16. The summed E-state index contributed by atoms with van der Waals surface area (Å²) < 4.78 is 6.37. The van der Waals surface area contributed by atoms with Gasteiger partial charge in [0.2, 0.25) is 0 Å². The molecule has 150 valence electrons. The van der Waals surface area contributed by atoms with Crippen LogP contribution in [-0.4, -0.2) is 54.3 Å². The third-order valence-electron chi connectivity index (χ3n) is 6.73. The Hall–Kier alpha value is -0.950. The van der Waals surface area contributed by atoms with Crippen molar-refractivity contribution in [2.45, 2.75) is 76.0 Å². The van der Waals surface area contributed by atoms with E-state index in [0.29, 0.717) is 0 Å². The van der Waals surface area contributed by atoms with Gasteiger partial charge in [-0.3, -0.25) is 4.79 Å². The lowest BCUT2D eigenvalue weighted by Crippen LogP contribution is -2.48. The Balaban J connectivity index is 1.48. The van der Waals surface area contributed by atoms with Crippen LogP contribution >= 0.6 is 11.3 Å². The molecule has 1 spiro atoms. The third kappa shape index (κ3) is 3.82. The van der Waals surface area contributed by atoms with E-state index in [1.807, 2.05) is 6.92 Å². The number of hydrogen-bond acceptors (Lipinski definition) is 5. The number of carbonyl (C=O) groups excluding carboxylic acids is 1. The normalized spacial score (nSPS) is 24.1. The van der Waals surface area contributed by atoms with Crippen molar-refractivity contribution in [2.24, 2.45) is 0 Å². The number of carbonyl (C=O) groups is 1. The summed E-state index contributed by atoms with van der Waals surface area (Å²) in [5.41, 5.74) is 1.06. The highest BCUT2D eigenvalue weighted by molar-refractivity contribution is 7.14. The number of amides is 1. The Bertz CT molecular complexity index is 656. The number of ether oxygens (including phenoxy) is 1. The van der Waals surface area contributed by atoms with Gasteiger partial charge in [0.05, 0.1) is 29.7 Å². The van der Waals surface area contributed by atoms with Crippen LogP contribution in [0.2, 0.25) is 0 Å². The van der Waals surface area contributed by atoms with Crippen LogP contribution in [0.25, 0.3) is 0 Å². The van der Waals surface area contributed by atoms with E-state index in [0.717, 1.165) is 56.3 Å². The zero-order valence-electron chi connectivity index (χ0n) is 16.3. The summed E-state index contributed by atoms with van der Waals surface area (Å²) >= 11 is 1.61. The van der Waals surface area contributed by atoms with Gasteiger partial charge < -0.3 is 20.1 Å². The van der Waals surface area contributed by atoms with Crippen molar-refractivity contribution in [2.75, 3.05) is 26.3 Å². The lowest BCUT2D eigenvalue weighted by Gasteiger charge is -2.45. The summed E-state index contributed by atoms with van der Waals surface area (Å²) in [6.45, 7) is 4.92. The monoisotopic (exact) mass is 392 g/mol. The molecule has 2 N–H and O–H groups in total. The van der Waals surface area contributed by atoms with E-state index in [4.69, 9.17) is 4.74 Å². The van der Waals surface area contributed by atoms with Gasteiger partial charge in [-0.15, -0.1) is 11.3 Å². The van der Waals surface area contributed by atoms with Crippen molar-refractivity contribution in [3.05, 3.63) is 21.4 Å². The van der Waals surface area contributed by atoms with E-state index in [2.05, 4.69) is 16.3 Å². The standard InChI is InChI=1S/C21H32N2O3S/c1-2-15(14-24)22-20(25)19-13-17-18(27-19)7-12-26-21(17)8-10-23(11-9-21)16-5-3-4-6-16/h13,15-16,24H,2-12,14H2,1H3,(H,22,25). The number of hydrogen-bond donors (Lipinski definition) is 2. The molecule has 1 aliphatic carbocycles. The number of piperidine rings is 1. The van der Waals surface area contributed by atoms with E-state index in [1.165, 1.54) is 36.1 Å². The van der Waals surface area contributed by atoms with E-state index in [9.17, 15) is 9.90 Å². The molecule has 3 heterocycles. The molecule has 6 heteroatoms. The first-order valence-corrected chi connectivity index (χ1v) is 11.4. The number of fused-ring (bicyclic) bond motifs is 2. The molecule has 1 aromatic heterocycles. The Morgan fingerprint density at radius 1 is 1.41 bits per heavy atom. The maximum Gasteiger partial charge on any atom is 0.261 e. The van der Waals surface area contributed by atoms with Crippen molar-refractivity contribution in [1.82, 2.24) is 10.2 Å². The van der Waals surface area contributed by atoms with Gasteiger partial charge in [-0.1, -0.05) is 19.8 Å². The Labute approximate surface area is 166 Å². The summed E-state index contributed by atoms with van der Waals surface area (Å²) in [5.74, 6) is -0.0613. The van der Waals surface area contributed by atoms with E-state index in [-0.39, 0.29) is 24.2 Å². The molecule has 1 saturated heterocycles. The van der Waals surface area contributed by atoms with Crippen LogP contribution in [0.4, 0.5) is 0 Å². The van der Waals surface area contributed by atoms with Gasteiger partial charge >= 0.3 is 0 Å². The van der Waals surface area contributed by atoms with Gasteiger partial charge in [0.1, 0.15) is 0 Å². The van der Waals surface area contributed by atoms with Crippen LogP contribution in [0.3, 0.4) is 0 Å². The summed E-state index contributed by atoms with van der Waals surface area (Å²) in [7, 11) is 0. The predicted octanol–water partition coefficient (Wildman–Crippen LogP) is 3.06. The lowest BCUT2D eigenvalue weighted by atomic mass is 9.81. The highest BCUT2D eigenvalue weighted by atomic mass is 32.1. The van der Waals surface area contributed by atoms with Gasteiger partial charge in [0.25, 0.3) is 5.91 Å². The molecule has 2 fully saturated rings. The highest BCUT2D eigenvalue weighted by Gasteiger charge is 2.43. The van der Waals surface area contributed by atoms with Gasteiger partial charge in [-0.2, -0.15) is 0 Å². The fourth-order valence-electron chi connectivity index (χ4n) is 5.00. The molecule has 1 unspecified atom stereocenters. The SMILES string of the molecule is CCC(CO)NC(=O)c1cc2c(s1)CCOC21CCN(C2CCCC2)CC1. The highest BCUT2D eigenvalue weighted by Crippen LogP contribution is 2.45. The molecule has 5 nitrogen and oxygen atoms in total. The van der Waals surface area contributed by atoms with E-state index in [1.54, 1.807) is 11.3 Å². The van der Waals surface area contributed by atoms with Crippen molar-refractivity contribution in [1.29, 1.82) is 0 Å². The van der Waals surface area contributed by atoms with Gasteiger partial charge in [-0.05, 0) is 43.7 Å². The zero-order chi connectivity index (χ0) is 18.9. The quantitative estimate of drug-likeness (QED) is 0.808. The number of thiophene rings is 1. The number of nitrogens with zero attached hydrogens (tertiary/aromatic N) is 1. The molecule has 1 aromatic rings. The molecular formula is C21H32N2O3S. The molecule has 4 rings (SSSR count). The van der Waals surface area contributed by atoms with Gasteiger partial charge in [0.15, 0.2) is 0 Å². The minimum absolute atomic E-state index is 0.0165. The van der Waals surface area contributed by atoms with Crippen LogP contribution in [0.1, 0.15) is 72.0 Å².